The Morgan fingerprint density at radius 2 is 1.92 bits per heavy atom. The number of benzene rings is 2. The van der Waals surface area contributed by atoms with Gasteiger partial charge in [0.05, 0.1) is 13.2 Å². The normalized spacial score (nSPS) is 19.9. The Hall–Kier alpha value is -2.66. The Morgan fingerprint density at radius 3 is 2.67 bits per heavy atom. The van der Waals surface area contributed by atoms with Crippen molar-refractivity contribution in [1.29, 1.82) is 0 Å². The number of ether oxygens (including phenoxy) is 1. The van der Waals surface area contributed by atoms with E-state index in [9.17, 15) is 9.18 Å². The molecule has 3 aromatic rings. The number of H-pyrrole nitrogens is 1. The first-order valence-electron chi connectivity index (χ1n) is 7.86. The van der Waals surface area contributed by atoms with Gasteiger partial charge in [0.15, 0.2) is 0 Å². The molecule has 5 heteroatoms. The van der Waals surface area contributed by atoms with Crippen molar-refractivity contribution in [2.24, 2.45) is 0 Å². The molecule has 1 aliphatic heterocycles. The molecule has 1 aromatic heterocycles. The number of carbonyl (C=O) groups is 1. The molecule has 122 valence electrons. The maximum absolute atomic E-state index is 13.3. The summed E-state index contributed by atoms with van der Waals surface area (Å²) in [6.45, 7) is 0. The molecule has 4 nitrogen and oxygen atoms in total. The summed E-state index contributed by atoms with van der Waals surface area (Å²) in [6.07, 6.45) is 0.559. The van der Waals surface area contributed by atoms with E-state index in [0.717, 1.165) is 27.7 Å². The number of hydrogen-bond donors (Lipinski definition) is 2. The lowest BCUT2D eigenvalue weighted by Gasteiger charge is -2.30. The van der Waals surface area contributed by atoms with Crippen LogP contribution >= 0.6 is 0 Å². The van der Waals surface area contributed by atoms with Crippen LogP contribution in [0.1, 0.15) is 22.9 Å². The Labute approximate surface area is 138 Å². The first-order chi connectivity index (χ1) is 11.7. The lowest BCUT2D eigenvalue weighted by atomic mass is 9.90. The van der Waals surface area contributed by atoms with E-state index in [1.54, 1.807) is 12.1 Å². The van der Waals surface area contributed by atoms with Gasteiger partial charge in [-0.1, -0.05) is 30.3 Å². The van der Waals surface area contributed by atoms with Crippen LogP contribution in [-0.4, -0.2) is 24.1 Å². The number of hydrogen-bond acceptors (Lipinski definition) is 3. The van der Waals surface area contributed by atoms with Crippen molar-refractivity contribution in [3.8, 4) is 0 Å². The van der Waals surface area contributed by atoms with Gasteiger partial charge >= 0.3 is 5.97 Å². The van der Waals surface area contributed by atoms with E-state index >= 15 is 0 Å². The van der Waals surface area contributed by atoms with Crippen molar-refractivity contribution in [3.63, 3.8) is 0 Å². The van der Waals surface area contributed by atoms with Gasteiger partial charge in [-0.3, -0.25) is 10.1 Å². The van der Waals surface area contributed by atoms with E-state index < -0.39 is 6.04 Å². The average Bonchev–Trinajstić information content (AvgIpc) is 2.99. The third kappa shape index (κ3) is 2.37. The maximum atomic E-state index is 13.3. The first-order valence-corrected chi connectivity index (χ1v) is 7.86. The number of para-hydroxylation sites is 1. The van der Waals surface area contributed by atoms with Gasteiger partial charge in [-0.2, -0.15) is 0 Å². The predicted octanol–water partition coefficient (Wildman–Crippen LogP) is 3.08. The summed E-state index contributed by atoms with van der Waals surface area (Å²) in [5.41, 5.74) is 4.05. The van der Waals surface area contributed by atoms with Gasteiger partial charge in [0.25, 0.3) is 0 Å². The SMILES string of the molecule is COC(=O)[C@@H]1Cc2c([nH]c3ccccc23)[C@@H](c2ccc(F)cc2)N1. The second-order valence-corrected chi connectivity index (χ2v) is 5.99. The molecule has 0 unspecified atom stereocenters. The minimum atomic E-state index is -0.434. The van der Waals surface area contributed by atoms with Gasteiger partial charge in [0, 0.05) is 23.0 Å². The predicted molar refractivity (Wildman–Crippen MR) is 89.2 cm³/mol. The van der Waals surface area contributed by atoms with Crippen LogP contribution in [0.2, 0.25) is 0 Å². The zero-order chi connectivity index (χ0) is 16.7. The van der Waals surface area contributed by atoms with Crippen molar-refractivity contribution < 1.29 is 13.9 Å². The van der Waals surface area contributed by atoms with Crippen LogP contribution in [0.15, 0.2) is 48.5 Å². The van der Waals surface area contributed by atoms with Crippen LogP contribution in [0.25, 0.3) is 10.9 Å². The van der Waals surface area contributed by atoms with Gasteiger partial charge in [0.1, 0.15) is 11.9 Å². The maximum Gasteiger partial charge on any atom is 0.323 e. The number of carbonyl (C=O) groups excluding carboxylic acids is 1. The molecule has 2 N–H and O–H groups in total. The third-order valence-corrected chi connectivity index (χ3v) is 4.60. The van der Waals surface area contributed by atoms with Gasteiger partial charge in [-0.25, -0.2) is 4.39 Å². The van der Waals surface area contributed by atoms with Gasteiger partial charge < -0.3 is 9.72 Å². The Kier molecular flexibility index (Phi) is 3.58. The molecule has 0 amide bonds. The topological polar surface area (TPSA) is 54.1 Å². The fourth-order valence-electron chi connectivity index (χ4n) is 3.45. The fraction of sp³-hybridized carbons (Fsp3) is 0.211. The smallest absolute Gasteiger partial charge is 0.323 e. The van der Waals surface area contributed by atoms with Gasteiger partial charge in [-0.05, 0) is 29.3 Å². The summed E-state index contributed by atoms with van der Waals surface area (Å²) in [5.74, 6) is -0.575. The van der Waals surface area contributed by atoms with E-state index in [-0.39, 0.29) is 17.8 Å². The van der Waals surface area contributed by atoms with Crippen molar-refractivity contribution in [3.05, 3.63) is 71.2 Å². The van der Waals surface area contributed by atoms with Gasteiger partial charge in [-0.15, -0.1) is 0 Å². The molecule has 1 aliphatic rings. The highest BCUT2D eigenvalue weighted by Gasteiger charge is 2.34. The van der Waals surface area contributed by atoms with Gasteiger partial charge in [0.2, 0.25) is 0 Å². The van der Waals surface area contributed by atoms with Crippen LogP contribution in [0.5, 0.6) is 0 Å². The molecule has 0 bridgehead atoms. The van der Waals surface area contributed by atoms with Crippen LogP contribution in [0.4, 0.5) is 4.39 Å². The van der Waals surface area contributed by atoms with Crippen LogP contribution in [0.3, 0.4) is 0 Å². The zero-order valence-corrected chi connectivity index (χ0v) is 13.2. The number of aromatic nitrogens is 1. The highest BCUT2D eigenvalue weighted by Crippen LogP contribution is 2.35. The molecule has 4 rings (SSSR count). The monoisotopic (exact) mass is 324 g/mol. The summed E-state index contributed by atoms with van der Waals surface area (Å²) in [6, 6.07) is 13.7. The van der Waals surface area contributed by atoms with Crippen LogP contribution in [-0.2, 0) is 16.0 Å². The minimum absolute atomic E-state index is 0.217. The van der Waals surface area contributed by atoms with Crippen molar-refractivity contribution in [1.82, 2.24) is 10.3 Å². The number of methoxy groups -OCH3 is 1. The third-order valence-electron chi connectivity index (χ3n) is 4.60. The molecule has 0 spiro atoms. The lowest BCUT2D eigenvalue weighted by Crippen LogP contribution is -2.45. The van der Waals surface area contributed by atoms with E-state index in [1.165, 1.54) is 19.2 Å². The molecule has 0 saturated heterocycles. The second kappa shape index (κ2) is 5.76. The van der Waals surface area contributed by atoms with E-state index in [2.05, 4.69) is 10.3 Å². The Morgan fingerprint density at radius 1 is 1.17 bits per heavy atom. The number of esters is 1. The number of nitrogens with one attached hydrogen (secondary N) is 2. The fourth-order valence-corrected chi connectivity index (χ4v) is 3.45. The van der Waals surface area contributed by atoms with Crippen molar-refractivity contribution in [2.45, 2.75) is 18.5 Å². The second-order valence-electron chi connectivity index (χ2n) is 5.99. The molecular weight excluding hydrogens is 307 g/mol. The lowest BCUT2D eigenvalue weighted by molar-refractivity contribution is -0.143. The molecule has 24 heavy (non-hydrogen) atoms. The first kappa shape index (κ1) is 14.9. The Balaban J connectivity index is 1.86. The van der Waals surface area contributed by atoms with E-state index in [0.29, 0.717) is 6.42 Å². The number of halogens is 1. The van der Waals surface area contributed by atoms with Crippen LogP contribution in [0, 0.1) is 5.82 Å². The van der Waals surface area contributed by atoms with Crippen molar-refractivity contribution >= 4 is 16.9 Å². The largest absolute Gasteiger partial charge is 0.468 e. The summed E-state index contributed by atoms with van der Waals surface area (Å²) < 4.78 is 18.2. The summed E-state index contributed by atoms with van der Waals surface area (Å²) >= 11 is 0. The molecule has 0 saturated carbocycles. The molecule has 2 atom stereocenters. The average molecular weight is 324 g/mol. The van der Waals surface area contributed by atoms with E-state index in [4.69, 9.17) is 4.74 Å². The van der Waals surface area contributed by atoms with Crippen molar-refractivity contribution in [2.75, 3.05) is 7.11 Å². The number of rotatable bonds is 2. The highest BCUT2D eigenvalue weighted by molar-refractivity contribution is 5.87. The number of aromatic amines is 1. The molecule has 0 fully saturated rings. The zero-order valence-electron chi connectivity index (χ0n) is 13.2. The minimum Gasteiger partial charge on any atom is -0.468 e. The molecule has 0 aliphatic carbocycles. The molecule has 2 heterocycles. The Bertz CT molecular complexity index is 901. The standard InChI is InChI=1S/C19H17FN2O2/c1-24-19(23)16-10-14-13-4-2-3-5-15(13)21-18(14)17(22-16)11-6-8-12(20)9-7-11/h2-9,16-17,21-22H,10H2,1H3/t16-,17+/m0/s1. The quantitative estimate of drug-likeness (QED) is 0.712. The van der Waals surface area contributed by atoms with E-state index in [1.807, 2.05) is 24.3 Å². The molecule has 0 radical (unpaired) electrons. The summed E-state index contributed by atoms with van der Waals surface area (Å²) in [4.78, 5) is 15.6. The molecular formula is C19H17FN2O2. The summed E-state index contributed by atoms with van der Waals surface area (Å²) in [7, 11) is 1.39. The molecule has 2 aromatic carbocycles. The van der Waals surface area contributed by atoms with Crippen LogP contribution < -0.4 is 5.32 Å². The highest BCUT2D eigenvalue weighted by atomic mass is 19.1. The summed E-state index contributed by atoms with van der Waals surface area (Å²) in [5, 5.41) is 4.44. The number of fused-ring (bicyclic) bond motifs is 3.